The number of carbonyl (C=O) groups is 1. The highest BCUT2D eigenvalue weighted by Gasteiger charge is 1.84. The first-order chi connectivity index (χ1) is 6.27. The van der Waals surface area contributed by atoms with Crippen LogP contribution in [0.25, 0.3) is 0 Å². The second-order valence-corrected chi connectivity index (χ2v) is 2.05. The molecule has 0 aromatic rings. The summed E-state index contributed by atoms with van der Waals surface area (Å²) in [4.78, 5) is 13.7. The van der Waals surface area contributed by atoms with E-state index in [-0.39, 0.29) is 13.2 Å². The third-order valence-electron chi connectivity index (χ3n) is 1.03. The van der Waals surface area contributed by atoms with Crippen molar-refractivity contribution in [2.75, 3.05) is 19.8 Å². The molecule has 0 radical (unpaired) electrons. The van der Waals surface area contributed by atoms with E-state index in [4.69, 9.17) is 15.1 Å². The van der Waals surface area contributed by atoms with Gasteiger partial charge in [-0.15, -0.1) is 0 Å². The summed E-state index contributed by atoms with van der Waals surface area (Å²) in [6.45, 7) is 0.721. The summed E-state index contributed by atoms with van der Waals surface area (Å²) in [5, 5.41) is 16.1. The summed E-state index contributed by atoms with van der Waals surface area (Å²) < 4.78 is 4.96. The summed E-state index contributed by atoms with van der Waals surface area (Å²) in [5.74, 6) is -0.993. The van der Waals surface area contributed by atoms with Gasteiger partial charge < -0.3 is 9.84 Å². The minimum absolute atomic E-state index is 0.119. The summed E-state index contributed by atoms with van der Waals surface area (Å²) in [6.07, 6.45) is 5.66. The predicted molar refractivity (Wildman–Crippen MR) is 45.3 cm³/mol. The number of hydrogen-bond donors (Lipinski definition) is 2. The molecule has 0 aromatic heterocycles. The molecule has 5 nitrogen and oxygen atoms in total. The molecule has 0 spiro atoms. The first-order valence-electron chi connectivity index (χ1n) is 3.66. The fourth-order valence-corrected chi connectivity index (χ4v) is 0.532. The monoisotopic (exact) mass is 188 g/mol. The standard InChI is InChI=1S/C8H12O5/c9-8(10)4-3-6-12-5-1-2-7-13-11/h1-4,11H,5-7H2,(H,9,10)/b2-1+,4-3+. The lowest BCUT2D eigenvalue weighted by Gasteiger charge is -1.93. The Kier molecular flexibility index (Phi) is 8.12. The Labute approximate surface area is 75.8 Å². The number of hydrogen-bond acceptors (Lipinski definition) is 4. The minimum Gasteiger partial charge on any atom is -0.478 e. The van der Waals surface area contributed by atoms with Crippen molar-refractivity contribution in [2.45, 2.75) is 0 Å². The molecule has 0 amide bonds. The Morgan fingerprint density at radius 3 is 2.38 bits per heavy atom. The van der Waals surface area contributed by atoms with Crippen molar-refractivity contribution in [3.05, 3.63) is 24.3 Å². The van der Waals surface area contributed by atoms with Crippen LogP contribution in [0.5, 0.6) is 0 Å². The fourth-order valence-electron chi connectivity index (χ4n) is 0.532. The molecule has 13 heavy (non-hydrogen) atoms. The molecule has 2 N–H and O–H groups in total. The fraction of sp³-hybridized carbons (Fsp3) is 0.375. The molecule has 0 bridgehead atoms. The average molecular weight is 188 g/mol. The molecule has 0 aliphatic heterocycles. The van der Waals surface area contributed by atoms with E-state index in [1.165, 1.54) is 6.08 Å². The lowest BCUT2D eigenvalue weighted by Crippen LogP contribution is -1.93. The van der Waals surface area contributed by atoms with E-state index in [9.17, 15) is 4.79 Å². The molecule has 0 saturated heterocycles. The molecule has 0 aromatic carbocycles. The summed E-state index contributed by atoms with van der Waals surface area (Å²) in [7, 11) is 0. The van der Waals surface area contributed by atoms with Gasteiger partial charge in [-0.05, 0) is 0 Å². The van der Waals surface area contributed by atoms with Crippen LogP contribution in [-0.2, 0) is 14.4 Å². The third-order valence-corrected chi connectivity index (χ3v) is 1.03. The van der Waals surface area contributed by atoms with E-state index in [1.54, 1.807) is 12.2 Å². The van der Waals surface area contributed by atoms with Crippen molar-refractivity contribution < 1.29 is 24.8 Å². The van der Waals surface area contributed by atoms with Crippen LogP contribution >= 0.6 is 0 Å². The molecule has 0 aliphatic rings. The number of aliphatic carboxylic acids is 1. The predicted octanol–water partition coefficient (Wildman–Crippen LogP) is 0.690. The highest BCUT2D eigenvalue weighted by atomic mass is 17.1. The maximum absolute atomic E-state index is 9.97. The highest BCUT2D eigenvalue weighted by Crippen LogP contribution is 1.81. The molecular formula is C8H12O5. The first-order valence-corrected chi connectivity index (χ1v) is 3.66. The quantitative estimate of drug-likeness (QED) is 0.202. The van der Waals surface area contributed by atoms with Crippen molar-refractivity contribution in [3.8, 4) is 0 Å². The lowest BCUT2D eigenvalue weighted by atomic mass is 10.5. The van der Waals surface area contributed by atoms with Gasteiger partial charge in [-0.25, -0.2) is 9.68 Å². The van der Waals surface area contributed by atoms with Crippen LogP contribution in [0.15, 0.2) is 24.3 Å². The third kappa shape index (κ3) is 10.8. The summed E-state index contributed by atoms with van der Waals surface area (Å²) >= 11 is 0. The Morgan fingerprint density at radius 1 is 1.15 bits per heavy atom. The molecule has 74 valence electrons. The van der Waals surface area contributed by atoms with E-state index in [2.05, 4.69) is 4.89 Å². The second-order valence-electron chi connectivity index (χ2n) is 2.05. The molecule has 0 aliphatic carbocycles. The second kappa shape index (κ2) is 8.92. The molecule has 0 fully saturated rings. The molecule has 0 unspecified atom stereocenters. The minimum atomic E-state index is -0.993. The number of carboxylic acid groups (broad SMARTS) is 1. The smallest absolute Gasteiger partial charge is 0.328 e. The van der Waals surface area contributed by atoms with Gasteiger partial charge in [0, 0.05) is 6.08 Å². The van der Waals surface area contributed by atoms with E-state index in [0.29, 0.717) is 6.61 Å². The Balaban J connectivity index is 3.21. The lowest BCUT2D eigenvalue weighted by molar-refractivity contribution is -0.231. The zero-order valence-electron chi connectivity index (χ0n) is 7.05. The maximum atomic E-state index is 9.97. The number of carboxylic acids is 1. The highest BCUT2D eigenvalue weighted by molar-refractivity contribution is 5.79. The van der Waals surface area contributed by atoms with E-state index in [1.807, 2.05) is 0 Å². The first kappa shape index (κ1) is 11.8. The Hall–Kier alpha value is -1.17. The molecule has 5 heteroatoms. The van der Waals surface area contributed by atoms with Gasteiger partial charge in [-0.2, -0.15) is 0 Å². The van der Waals surface area contributed by atoms with Crippen molar-refractivity contribution in [1.29, 1.82) is 0 Å². The van der Waals surface area contributed by atoms with Crippen LogP contribution < -0.4 is 0 Å². The number of ether oxygens (including phenoxy) is 1. The summed E-state index contributed by atoms with van der Waals surface area (Å²) in [5.41, 5.74) is 0. The van der Waals surface area contributed by atoms with E-state index in [0.717, 1.165) is 6.08 Å². The largest absolute Gasteiger partial charge is 0.478 e. The van der Waals surface area contributed by atoms with Gasteiger partial charge in [0.2, 0.25) is 0 Å². The van der Waals surface area contributed by atoms with Gasteiger partial charge >= 0.3 is 5.97 Å². The van der Waals surface area contributed by atoms with Crippen LogP contribution in [0, 0.1) is 0 Å². The van der Waals surface area contributed by atoms with Crippen molar-refractivity contribution in [3.63, 3.8) is 0 Å². The van der Waals surface area contributed by atoms with Crippen LogP contribution in [0.3, 0.4) is 0 Å². The average Bonchev–Trinajstić information content (AvgIpc) is 2.09. The molecule has 0 rings (SSSR count). The molecule has 0 atom stereocenters. The van der Waals surface area contributed by atoms with Crippen LogP contribution in [0.2, 0.25) is 0 Å². The van der Waals surface area contributed by atoms with Crippen LogP contribution in [0.4, 0.5) is 0 Å². The zero-order valence-corrected chi connectivity index (χ0v) is 7.05. The molecular weight excluding hydrogens is 176 g/mol. The van der Waals surface area contributed by atoms with Gasteiger partial charge in [0.05, 0.1) is 13.2 Å². The van der Waals surface area contributed by atoms with Gasteiger partial charge in [-0.3, -0.25) is 5.26 Å². The molecule has 0 saturated carbocycles. The van der Waals surface area contributed by atoms with Gasteiger partial charge in [-0.1, -0.05) is 18.2 Å². The Morgan fingerprint density at radius 2 is 1.77 bits per heavy atom. The van der Waals surface area contributed by atoms with Gasteiger partial charge in [0.1, 0.15) is 6.61 Å². The van der Waals surface area contributed by atoms with Crippen LogP contribution in [-0.4, -0.2) is 36.2 Å². The zero-order chi connectivity index (χ0) is 9.94. The summed E-state index contributed by atoms with van der Waals surface area (Å²) in [6, 6.07) is 0. The van der Waals surface area contributed by atoms with Crippen molar-refractivity contribution in [2.24, 2.45) is 0 Å². The Bertz CT molecular complexity index is 185. The topological polar surface area (TPSA) is 76.0 Å². The van der Waals surface area contributed by atoms with Crippen molar-refractivity contribution in [1.82, 2.24) is 0 Å². The van der Waals surface area contributed by atoms with Crippen LogP contribution in [0.1, 0.15) is 0 Å². The maximum Gasteiger partial charge on any atom is 0.328 e. The van der Waals surface area contributed by atoms with Gasteiger partial charge in [0.25, 0.3) is 0 Å². The van der Waals surface area contributed by atoms with E-state index < -0.39 is 5.97 Å². The van der Waals surface area contributed by atoms with E-state index >= 15 is 0 Å². The normalized spacial score (nSPS) is 11.5. The van der Waals surface area contributed by atoms with Crippen molar-refractivity contribution >= 4 is 5.97 Å². The number of rotatable bonds is 7. The van der Waals surface area contributed by atoms with Gasteiger partial charge in [0.15, 0.2) is 0 Å². The SMILES string of the molecule is O=C(O)/C=C/COC/C=C/COO. The molecule has 0 heterocycles.